The second kappa shape index (κ2) is 8.78. The molecule has 4 nitrogen and oxygen atoms in total. The molecule has 1 heterocycles. The predicted molar refractivity (Wildman–Crippen MR) is 117 cm³/mol. The summed E-state index contributed by atoms with van der Waals surface area (Å²) in [7, 11) is 0. The fourth-order valence-electron chi connectivity index (χ4n) is 4.51. The molecule has 1 aliphatic carbocycles. The van der Waals surface area contributed by atoms with Crippen molar-refractivity contribution in [1.82, 2.24) is 0 Å². The first-order valence-electron chi connectivity index (χ1n) is 10.7. The lowest BCUT2D eigenvalue weighted by atomic mass is 9.69. The molecule has 1 aliphatic heterocycles. The number of fused-ring (bicyclic) bond motifs is 1. The van der Waals surface area contributed by atoms with Crippen LogP contribution in [0.15, 0.2) is 70.9 Å². The normalized spacial score (nSPS) is 21.1. The van der Waals surface area contributed by atoms with E-state index < -0.39 is 0 Å². The zero-order valence-corrected chi connectivity index (χ0v) is 17.6. The highest BCUT2D eigenvalue weighted by Crippen LogP contribution is 2.43. The van der Waals surface area contributed by atoms with E-state index in [1.807, 2.05) is 49.4 Å². The van der Waals surface area contributed by atoms with E-state index in [1.165, 1.54) is 5.56 Å². The van der Waals surface area contributed by atoms with Crippen molar-refractivity contribution in [3.63, 3.8) is 0 Å². The maximum absolute atomic E-state index is 13.2. The summed E-state index contributed by atoms with van der Waals surface area (Å²) in [6, 6.07) is 17.9. The summed E-state index contributed by atoms with van der Waals surface area (Å²) in [5.41, 5.74) is 5.23. The molecule has 2 unspecified atom stereocenters. The lowest BCUT2D eigenvalue weighted by Crippen LogP contribution is -2.39. The van der Waals surface area contributed by atoms with Gasteiger partial charge in [-0.2, -0.15) is 0 Å². The van der Waals surface area contributed by atoms with Crippen molar-refractivity contribution in [2.45, 2.75) is 52.1 Å². The summed E-state index contributed by atoms with van der Waals surface area (Å²) in [4.78, 5) is 30.8. The van der Waals surface area contributed by atoms with Crippen molar-refractivity contribution in [1.29, 1.82) is 0 Å². The standard InChI is InChI=1S/C26H27NO3/c1-3-18-12-14-20(15-13-18)24-23(26(29)30-16-19-8-5-4-6-9-19)17(2)27-21-10-7-11-22(28)25(21)24/h4-6,8-9,12-15,24-25H,3,7,10-11,16H2,1-2H3. The number of rotatable bonds is 5. The highest BCUT2D eigenvalue weighted by Gasteiger charge is 2.43. The van der Waals surface area contributed by atoms with Crippen molar-refractivity contribution in [3.05, 3.63) is 82.6 Å². The zero-order valence-electron chi connectivity index (χ0n) is 17.6. The maximum atomic E-state index is 13.2. The van der Waals surface area contributed by atoms with Crippen LogP contribution in [0.1, 0.15) is 55.7 Å². The first-order chi connectivity index (χ1) is 14.6. The Hall–Kier alpha value is -3.01. The van der Waals surface area contributed by atoms with Crippen molar-refractivity contribution in [3.8, 4) is 0 Å². The number of Topliss-reactive ketones (excluding diaryl/α,β-unsaturated/α-hetero) is 1. The molecule has 4 heteroatoms. The fraction of sp³-hybridized carbons (Fsp3) is 0.346. The first kappa shape index (κ1) is 20.3. The zero-order chi connectivity index (χ0) is 21.1. The summed E-state index contributed by atoms with van der Waals surface area (Å²) in [5.74, 6) is -0.916. The van der Waals surface area contributed by atoms with Gasteiger partial charge in [0.25, 0.3) is 0 Å². The lowest BCUT2D eigenvalue weighted by molar-refractivity contribution is -0.140. The average Bonchev–Trinajstić information content (AvgIpc) is 2.77. The Morgan fingerprint density at radius 2 is 1.73 bits per heavy atom. The Morgan fingerprint density at radius 1 is 1.00 bits per heavy atom. The molecular formula is C26H27NO3. The minimum atomic E-state index is -0.387. The van der Waals surface area contributed by atoms with Crippen LogP contribution in [0.5, 0.6) is 0 Å². The second-order valence-electron chi connectivity index (χ2n) is 8.03. The van der Waals surface area contributed by atoms with Crippen LogP contribution in [0.4, 0.5) is 0 Å². The van der Waals surface area contributed by atoms with Gasteiger partial charge in [-0.15, -0.1) is 0 Å². The molecule has 0 radical (unpaired) electrons. The van der Waals surface area contributed by atoms with E-state index in [9.17, 15) is 9.59 Å². The van der Waals surface area contributed by atoms with Gasteiger partial charge in [-0.1, -0.05) is 61.5 Å². The van der Waals surface area contributed by atoms with E-state index in [1.54, 1.807) is 0 Å². The van der Waals surface area contributed by atoms with Gasteiger partial charge in [0.1, 0.15) is 12.4 Å². The number of hydrogen-bond donors (Lipinski definition) is 0. The number of benzene rings is 2. The molecule has 1 fully saturated rings. The first-order valence-corrected chi connectivity index (χ1v) is 10.7. The van der Waals surface area contributed by atoms with Gasteiger partial charge in [0, 0.05) is 23.7 Å². The number of ketones is 1. The number of esters is 1. The number of aliphatic imine (C=N–C) groups is 1. The molecule has 0 spiro atoms. The predicted octanol–water partition coefficient (Wildman–Crippen LogP) is 5.17. The van der Waals surface area contributed by atoms with Gasteiger partial charge in [-0.25, -0.2) is 4.79 Å². The molecular weight excluding hydrogens is 374 g/mol. The Morgan fingerprint density at radius 3 is 2.43 bits per heavy atom. The molecule has 0 amide bonds. The molecule has 2 aromatic rings. The lowest BCUT2D eigenvalue weighted by Gasteiger charge is -2.35. The van der Waals surface area contributed by atoms with Crippen LogP contribution in [0.2, 0.25) is 0 Å². The van der Waals surface area contributed by atoms with Gasteiger partial charge >= 0.3 is 5.97 Å². The molecule has 1 saturated carbocycles. The molecule has 4 rings (SSSR count). The number of aryl methyl sites for hydroxylation is 1. The molecule has 0 aromatic heterocycles. The molecule has 30 heavy (non-hydrogen) atoms. The van der Waals surface area contributed by atoms with Crippen LogP contribution in [0.25, 0.3) is 0 Å². The number of ether oxygens (including phenoxy) is 1. The average molecular weight is 402 g/mol. The summed E-state index contributed by atoms with van der Waals surface area (Å²) in [6.07, 6.45) is 3.12. The van der Waals surface area contributed by atoms with Gasteiger partial charge < -0.3 is 4.74 Å². The molecule has 0 bridgehead atoms. The Kier molecular flexibility index (Phi) is 5.93. The van der Waals surface area contributed by atoms with Crippen LogP contribution in [0.3, 0.4) is 0 Å². The van der Waals surface area contributed by atoms with E-state index in [-0.39, 0.29) is 30.2 Å². The molecule has 0 N–H and O–H groups in total. The summed E-state index contributed by atoms with van der Waals surface area (Å²) in [5, 5.41) is 0. The van der Waals surface area contributed by atoms with Crippen molar-refractivity contribution in [2.75, 3.05) is 0 Å². The number of allylic oxidation sites excluding steroid dienone is 1. The quantitative estimate of drug-likeness (QED) is 0.649. The second-order valence-corrected chi connectivity index (χ2v) is 8.03. The van der Waals surface area contributed by atoms with E-state index in [4.69, 9.17) is 9.73 Å². The third-order valence-electron chi connectivity index (χ3n) is 6.09. The van der Waals surface area contributed by atoms with Gasteiger partial charge in [0.15, 0.2) is 0 Å². The molecule has 2 aliphatic rings. The minimum absolute atomic E-state index is 0.172. The van der Waals surface area contributed by atoms with Crippen LogP contribution in [0, 0.1) is 5.92 Å². The van der Waals surface area contributed by atoms with Crippen LogP contribution in [-0.4, -0.2) is 17.5 Å². The summed E-state index contributed by atoms with van der Waals surface area (Å²) in [6.45, 7) is 4.17. The Labute approximate surface area is 177 Å². The minimum Gasteiger partial charge on any atom is -0.457 e. The van der Waals surface area contributed by atoms with Gasteiger partial charge in [0.05, 0.1) is 11.5 Å². The number of nitrogens with zero attached hydrogens (tertiary/aromatic N) is 1. The smallest absolute Gasteiger partial charge is 0.336 e. The third kappa shape index (κ3) is 4.00. The highest BCUT2D eigenvalue weighted by atomic mass is 16.5. The van der Waals surface area contributed by atoms with Gasteiger partial charge in [-0.05, 0) is 42.9 Å². The van der Waals surface area contributed by atoms with Crippen LogP contribution in [-0.2, 0) is 27.4 Å². The SMILES string of the molecule is CCc1ccc(C2C(C(=O)OCc3ccccc3)=C(C)N=C3CCCC(=O)C32)cc1. The number of carbonyl (C=O) groups is 2. The van der Waals surface area contributed by atoms with Crippen molar-refractivity contribution < 1.29 is 14.3 Å². The van der Waals surface area contributed by atoms with E-state index >= 15 is 0 Å². The van der Waals surface area contributed by atoms with Gasteiger partial charge in [-0.3, -0.25) is 9.79 Å². The van der Waals surface area contributed by atoms with Crippen LogP contribution < -0.4 is 0 Å². The largest absolute Gasteiger partial charge is 0.457 e. The number of carbonyl (C=O) groups excluding carboxylic acids is 2. The van der Waals surface area contributed by atoms with E-state index in [2.05, 4.69) is 19.1 Å². The summed E-state index contributed by atoms with van der Waals surface area (Å²) >= 11 is 0. The third-order valence-corrected chi connectivity index (χ3v) is 6.09. The summed E-state index contributed by atoms with van der Waals surface area (Å²) < 4.78 is 5.67. The monoisotopic (exact) mass is 401 g/mol. The van der Waals surface area contributed by atoms with Gasteiger partial charge in [0.2, 0.25) is 0 Å². The van der Waals surface area contributed by atoms with E-state index in [0.29, 0.717) is 17.7 Å². The molecule has 0 saturated heterocycles. The topological polar surface area (TPSA) is 55.7 Å². The number of hydrogen-bond acceptors (Lipinski definition) is 4. The molecule has 2 atom stereocenters. The maximum Gasteiger partial charge on any atom is 0.336 e. The van der Waals surface area contributed by atoms with Crippen molar-refractivity contribution in [2.24, 2.45) is 10.9 Å². The van der Waals surface area contributed by atoms with Crippen LogP contribution >= 0.6 is 0 Å². The Bertz CT molecular complexity index is 1000. The van der Waals surface area contributed by atoms with E-state index in [0.717, 1.165) is 36.1 Å². The Balaban J connectivity index is 1.70. The van der Waals surface area contributed by atoms with Crippen molar-refractivity contribution >= 4 is 17.5 Å². The fourth-order valence-corrected chi connectivity index (χ4v) is 4.51. The highest BCUT2D eigenvalue weighted by molar-refractivity contribution is 6.11. The molecule has 2 aromatic carbocycles. The molecule has 154 valence electrons.